The fourth-order valence-electron chi connectivity index (χ4n) is 2.24. The smallest absolute Gasteiger partial charge is 0.311 e. The summed E-state index contributed by atoms with van der Waals surface area (Å²) in [5, 5.41) is 12.7. The van der Waals surface area contributed by atoms with Crippen LogP contribution in [0.2, 0.25) is 0 Å². The van der Waals surface area contributed by atoms with E-state index in [9.17, 15) is 9.90 Å². The Bertz CT molecular complexity index is 401. The Labute approximate surface area is 95.5 Å². The van der Waals surface area contributed by atoms with Gasteiger partial charge < -0.3 is 10.4 Å². The van der Waals surface area contributed by atoms with E-state index in [2.05, 4.69) is 19.2 Å². The summed E-state index contributed by atoms with van der Waals surface area (Å²) in [6.45, 7) is 4.23. The van der Waals surface area contributed by atoms with Crippen LogP contribution in [0.3, 0.4) is 0 Å². The predicted molar refractivity (Wildman–Crippen MR) is 63.7 cm³/mol. The van der Waals surface area contributed by atoms with Crippen molar-refractivity contribution >= 4 is 11.7 Å². The summed E-state index contributed by atoms with van der Waals surface area (Å²) in [7, 11) is 0. The van der Waals surface area contributed by atoms with E-state index < -0.39 is 5.97 Å². The molecule has 3 nitrogen and oxygen atoms in total. The van der Waals surface area contributed by atoms with Gasteiger partial charge in [0.2, 0.25) is 0 Å². The van der Waals surface area contributed by atoms with E-state index in [1.165, 1.54) is 0 Å². The maximum absolute atomic E-state index is 11.3. The number of carboxylic acid groups (broad SMARTS) is 1. The minimum Gasteiger partial charge on any atom is -0.481 e. The number of carbonyl (C=O) groups is 1. The van der Waals surface area contributed by atoms with Crippen LogP contribution in [0.15, 0.2) is 24.3 Å². The zero-order valence-electron chi connectivity index (χ0n) is 9.60. The third-order valence-electron chi connectivity index (χ3n) is 3.27. The molecule has 2 rings (SSSR count). The maximum atomic E-state index is 11.3. The van der Waals surface area contributed by atoms with Gasteiger partial charge in [0.15, 0.2) is 0 Å². The fourth-order valence-corrected chi connectivity index (χ4v) is 2.24. The Morgan fingerprint density at radius 3 is 2.75 bits per heavy atom. The standard InChI is InChI=1S/C13H17NO2/c1-8(2)12-7-10(13(15)16)9-5-3-4-6-11(9)14-12/h3-6,8,10,12,14H,7H2,1-2H3,(H,15,16)/t10-,12-/m1/s1. The number of rotatable bonds is 2. The van der Waals surface area contributed by atoms with Gasteiger partial charge in [-0.3, -0.25) is 4.79 Å². The first-order chi connectivity index (χ1) is 7.59. The van der Waals surface area contributed by atoms with Crippen molar-refractivity contribution in [2.75, 3.05) is 5.32 Å². The molecule has 0 saturated carbocycles. The average molecular weight is 219 g/mol. The Kier molecular flexibility index (Phi) is 2.86. The summed E-state index contributed by atoms with van der Waals surface area (Å²) in [6.07, 6.45) is 0.671. The molecule has 1 aliphatic rings. The van der Waals surface area contributed by atoms with Crippen molar-refractivity contribution in [1.82, 2.24) is 0 Å². The first kappa shape index (κ1) is 11.0. The number of hydrogen-bond donors (Lipinski definition) is 2. The van der Waals surface area contributed by atoms with Crippen LogP contribution < -0.4 is 5.32 Å². The van der Waals surface area contributed by atoms with Crippen molar-refractivity contribution in [2.24, 2.45) is 5.92 Å². The second-order valence-corrected chi connectivity index (χ2v) is 4.71. The van der Waals surface area contributed by atoms with Gasteiger partial charge in [-0.1, -0.05) is 32.0 Å². The molecule has 0 aromatic heterocycles. The van der Waals surface area contributed by atoms with Gasteiger partial charge in [-0.15, -0.1) is 0 Å². The molecular weight excluding hydrogens is 202 g/mol. The lowest BCUT2D eigenvalue weighted by Crippen LogP contribution is -2.34. The summed E-state index contributed by atoms with van der Waals surface area (Å²) in [5.41, 5.74) is 1.88. The van der Waals surface area contributed by atoms with Crippen LogP contribution in [0.1, 0.15) is 31.7 Å². The van der Waals surface area contributed by atoms with Crippen molar-refractivity contribution < 1.29 is 9.90 Å². The highest BCUT2D eigenvalue weighted by atomic mass is 16.4. The zero-order valence-corrected chi connectivity index (χ0v) is 9.60. The monoisotopic (exact) mass is 219 g/mol. The lowest BCUT2D eigenvalue weighted by Gasteiger charge is -2.33. The third-order valence-corrected chi connectivity index (χ3v) is 3.27. The highest BCUT2D eigenvalue weighted by Gasteiger charge is 2.32. The van der Waals surface area contributed by atoms with Gasteiger partial charge in [0.05, 0.1) is 5.92 Å². The normalized spacial score (nSPS) is 23.7. The SMILES string of the molecule is CC(C)[C@H]1C[C@@H](C(=O)O)c2ccccc2N1. The molecule has 0 bridgehead atoms. The van der Waals surface area contributed by atoms with E-state index in [-0.39, 0.29) is 12.0 Å². The Hall–Kier alpha value is -1.51. The van der Waals surface area contributed by atoms with Crippen molar-refractivity contribution in [3.63, 3.8) is 0 Å². The molecule has 2 atom stereocenters. The molecule has 0 radical (unpaired) electrons. The molecule has 1 heterocycles. The first-order valence-electron chi connectivity index (χ1n) is 5.68. The largest absolute Gasteiger partial charge is 0.481 e. The van der Waals surface area contributed by atoms with Crippen LogP contribution in [-0.2, 0) is 4.79 Å². The second-order valence-electron chi connectivity index (χ2n) is 4.71. The van der Waals surface area contributed by atoms with Crippen LogP contribution in [0, 0.1) is 5.92 Å². The van der Waals surface area contributed by atoms with E-state index in [1.807, 2.05) is 24.3 Å². The molecule has 0 aliphatic carbocycles. The number of nitrogens with one attached hydrogen (secondary N) is 1. The number of carboxylic acids is 1. The van der Waals surface area contributed by atoms with Gasteiger partial charge in [0.25, 0.3) is 0 Å². The van der Waals surface area contributed by atoms with Crippen molar-refractivity contribution in [2.45, 2.75) is 32.2 Å². The summed E-state index contributed by atoms with van der Waals surface area (Å²) < 4.78 is 0. The van der Waals surface area contributed by atoms with Crippen molar-refractivity contribution in [3.05, 3.63) is 29.8 Å². The molecule has 1 aromatic carbocycles. The highest BCUT2D eigenvalue weighted by molar-refractivity contribution is 5.80. The van der Waals surface area contributed by atoms with Crippen LogP contribution in [0.5, 0.6) is 0 Å². The van der Waals surface area contributed by atoms with Gasteiger partial charge >= 0.3 is 5.97 Å². The molecule has 0 spiro atoms. The maximum Gasteiger partial charge on any atom is 0.311 e. The first-order valence-corrected chi connectivity index (χ1v) is 5.68. The molecule has 1 aromatic rings. The molecular formula is C13H17NO2. The van der Waals surface area contributed by atoms with Crippen LogP contribution in [0.4, 0.5) is 5.69 Å². The summed E-state index contributed by atoms with van der Waals surface area (Å²) in [6, 6.07) is 7.94. The van der Waals surface area contributed by atoms with Gasteiger partial charge in [-0.2, -0.15) is 0 Å². The topological polar surface area (TPSA) is 49.3 Å². The number of anilines is 1. The predicted octanol–water partition coefficient (Wildman–Crippen LogP) is 2.70. The van der Waals surface area contributed by atoms with E-state index in [4.69, 9.17) is 0 Å². The van der Waals surface area contributed by atoms with E-state index >= 15 is 0 Å². The molecule has 0 saturated heterocycles. The highest BCUT2D eigenvalue weighted by Crippen LogP contribution is 2.36. The number of para-hydroxylation sites is 1. The molecule has 3 heteroatoms. The number of fused-ring (bicyclic) bond motifs is 1. The van der Waals surface area contributed by atoms with Gasteiger partial charge in [-0.05, 0) is 24.0 Å². The Morgan fingerprint density at radius 2 is 2.12 bits per heavy atom. The fraction of sp³-hybridized carbons (Fsp3) is 0.462. The minimum atomic E-state index is -0.723. The molecule has 0 unspecified atom stereocenters. The van der Waals surface area contributed by atoms with Crippen molar-refractivity contribution in [3.8, 4) is 0 Å². The average Bonchev–Trinajstić information content (AvgIpc) is 2.27. The summed E-state index contributed by atoms with van der Waals surface area (Å²) >= 11 is 0. The minimum absolute atomic E-state index is 0.246. The molecule has 1 aliphatic heterocycles. The van der Waals surface area contributed by atoms with Crippen molar-refractivity contribution in [1.29, 1.82) is 0 Å². The lowest BCUT2D eigenvalue weighted by molar-refractivity contribution is -0.139. The van der Waals surface area contributed by atoms with E-state index in [0.717, 1.165) is 11.3 Å². The molecule has 0 amide bonds. The van der Waals surface area contributed by atoms with Crippen LogP contribution in [0.25, 0.3) is 0 Å². The third kappa shape index (κ3) is 1.90. The molecule has 0 fully saturated rings. The quantitative estimate of drug-likeness (QED) is 0.804. The zero-order chi connectivity index (χ0) is 11.7. The number of hydrogen-bond acceptors (Lipinski definition) is 2. The van der Waals surface area contributed by atoms with Gasteiger partial charge in [0, 0.05) is 11.7 Å². The summed E-state index contributed by atoms with van der Waals surface area (Å²) in [4.78, 5) is 11.3. The number of aliphatic carboxylic acids is 1. The van der Waals surface area contributed by atoms with Gasteiger partial charge in [0.1, 0.15) is 0 Å². The second kappa shape index (κ2) is 4.16. The van der Waals surface area contributed by atoms with Crippen LogP contribution >= 0.6 is 0 Å². The lowest BCUT2D eigenvalue weighted by atomic mass is 9.83. The van der Waals surface area contributed by atoms with Gasteiger partial charge in [-0.25, -0.2) is 0 Å². The molecule has 16 heavy (non-hydrogen) atoms. The summed E-state index contributed by atoms with van der Waals surface area (Å²) in [5.74, 6) is -0.653. The number of benzene rings is 1. The van der Waals surface area contributed by atoms with E-state index in [1.54, 1.807) is 0 Å². The van der Waals surface area contributed by atoms with E-state index in [0.29, 0.717) is 12.3 Å². The Morgan fingerprint density at radius 1 is 1.44 bits per heavy atom. The van der Waals surface area contributed by atoms with Crippen LogP contribution in [-0.4, -0.2) is 17.1 Å². The molecule has 86 valence electrons. The molecule has 2 N–H and O–H groups in total. The Balaban J connectivity index is 2.37.